The number of hydrogen-bond acceptors (Lipinski definition) is 8. The summed E-state index contributed by atoms with van der Waals surface area (Å²) in [7, 11) is 3.38. The van der Waals surface area contributed by atoms with Crippen LogP contribution in [0.15, 0.2) is 24.5 Å². The summed E-state index contributed by atoms with van der Waals surface area (Å²) in [6.45, 7) is 9.20. The molecule has 1 aliphatic rings. The number of methoxy groups -OCH3 is 2. The number of amides is 1. The van der Waals surface area contributed by atoms with E-state index in [1.54, 1.807) is 30.5 Å². The maximum absolute atomic E-state index is 12.8. The number of ether oxygens (including phenoxy) is 3. The Morgan fingerprint density at radius 3 is 2.73 bits per heavy atom. The predicted octanol–water partition coefficient (Wildman–Crippen LogP) is 5.38. The van der Waals surface area contributed by atoms with E-state index in [1.165, 1.54) is 6.33 Å². The normalized spacial score (nSPS) is 16.2. The van der Waals surface area contributed by atoms with E-state index in [-0.39, 0.29) is 12.0 Å². The Bertz CT molecular complexity index is 1490. The highest BCUT2D eigenvalue weighted by atomic mass is 32.1. The summed E-state index contributed by atoms with van der Waals surface area (Å²) in [4.78, 5) is 19.9. The maximum Gasteiger partial charge on any atom is 0.410 e. The van der Waals surface area contributed by atoms with Crippen LogP contribution in [0.5, 0.6) is 5.75 Å². The average Bonchev–Trinajstić information content (AvgIpc) is 3.53. The number of hydrogen-bond donors (Lipinski definition) is 1. The topological polar surface area (TPSA) is 104 Å². The van der Waals surface area contributed by atoms with E-state index in [2.05, 4.69) is 29.1 Å². The SMILES string of the molecule is COCc1c(-c2cc3cc(C)cc(OC)c3s2)c2c(N)ncnn2c1C1CCN(C(=O)OC(C)(C)C)C1. The van der Waals surface area contributed by atoms with Crippen molar-refractivity contribution in [2.75, 3.05) is 33.0 Å². The molecule has 0 aliphatic carbocycles. The van der Waals surface area contributed by atoms with Gasteiger partial charge in [-0.25, -0.2) is 14.3 Å². The molecule has 0 bridgehead atoms. The molecule has 37 heavy (non-hydrogen) atoms. The molecule has 0 radical (unpaired) electrons. The minimum absolute atomic E-state index is 0.0411. The number of fused-ring (bicyclic) bond motifs is 2. The number of benzene rings is 1. The second kappa shape index (κ2) is 9.50. The van der Waals surface area contributed by atoms with Gasteiger partial charge in [0.05, 0.1) is 24.1 Å². The average molecular weight is 524 g/mol. The molecule has 1 aromatic carbocycles. The third kappa shape index (κ3) is 4.59. The van der Waals surface area contributed by atoms with Gasteiger partial charge in [-0.05, 0) is 57.2 Å². The molecule has 196 valence electrons. The first-order valence-corrected chi connectivity index (χ1v) is 13.1. The summed E-state index contributed by atoms with van der Waals surface area (Å²) in [5, 5.41) is 5.73. The Labute approximate surface area is 220 Å². The molecule has 1 saturated heterocycles. The third-order valence-electron chi connectivity index (χ3n) is 6.60. The smallest absolute Gasteiger partial charge is 0.410 e. The highest BCUT2D eigenvalue weighted by Crippen LogP contribution is 2.46. The lowest BCUT2D eigenvalue weighted by molar-refractivity contribution is 0.0292. The fourth-order valence-electron chi connectivity index (χ4n) is 5.17. The lowest BCUT2D eigenvalue weighted by Gasteiger charge is -2.24. The number of likely N-dealkylation sites (tertiary alicyclic amines) is 1. The van der Waals surface area contributed by atoms with Crippen LogP contribution in [-0.4, -0.2) is 58.5 Å². The van der Waals surface area contributed by atoms with E-state index in [1.807, 2.05) is 31.4 Å². The Kier molecular flexibility index (Phi) is 6.49. The molecule has 1 unspecified atom stereocenters. The molecular formula is C27H33N5O4S. The Balaban J connectivity index is 1.67. The van der Waals surface area contributed by atoms with E-state index in [0.717, 1.165) is 55.0 Å². The number of nitrogen functional groups attached to an aromatic ring is 1. The lowest BCUT2D eigenvalue weighted by atomic mass is 9.98. The van der Waals surface area contributed by atoms with E-state index in [0.29, 0.717) is 25.5 Å². The highest BCUT2D eigenvalue weighted by Gasteiger charge is 2.36. The first-order valence-electron chi connectivity index (χ1n) is 12.3. The molecule has 5 rings (SSSR count). The van der Waals surface area contributed by atoms with Gasteiger partial charge in [0.25, 0.3) is 0 Å². The zero-order chi connectivity index (χ0) is 26.5. The van der Waals surface area contributed by atoms with Gasteiger partial charge >= 0.3 is 6.09 Å². The molecule has 3 aromatic heterocycles. The number of rotatable bonds is 5. The monoisotopic (exact) mass is 523 g/mol. The lowest BCUT2D eigenvalue weighted by Crippen LogP contribution is -2.35. The molecule has 10 heteroatoms. The van der Waals surface area contributed by atoms with Crippen LogP contribution >= 0.6 is 11.3 Å². The molecule has 1 fully saturated rings. The number of aryl methyl sites for hydroxylation is 1. The first kappa shape index (κ1) is 25.3. The number of anilines is 1. The van der Waals surface area contributed by atoms with Crippen LogP contribution in [0.3, 0.4) is 0 Å². The molecule has 0 spiro atoms. The molecule has 4 heterocycles. The minimum atomic E-state index is -0.548. The summed E-state index contributed by atoms with van der Waals surface area (Å²) in [5.74, 6) is 1.28. The standard InChI is InChI=1S/C27H33N5O4S/c1-15-9-17-11-20(37-24(17)19(10-15)35-6)21-18(13-34-5)22(32-23(21)25(28)29-14-30-32)16-7-8-31(12-16)26(33)36-27(2,3)4/h9-11,14,16H,7-8,12-13H2,1-6H3,(H2,28,29,30). The number of nitrogens with two attached hydrogens (primary N) is 1. The van der Waals surface area contributed by atoms with E-state index < -0.39 is 5.60 Å². The van der Waals surface area contributed by atoms with Gasteiger partial charge in [0.1, 0.15) is 23.2 Å². The first-order chi connectivity index (χ1) is 17.6. The van der Waals surface area contributed by atoms with E-state index in [9.17, 15) is 4.79 Å². The van der Waals surface area contributed by atoms with Crippen LogP contribution in [0.2, 0.25) is 0 Å². The molecule has 4 aromatic rings. The second-order valence-electron chi connectivity index (χ2n) is 10.5. The van der Waals surface area contributed by atoms with Crippen molar-refractivity contribution in [2.45, 2.75) is 52.2 Å². The summed E-state index contributed by atoms with van der Waals surface area (Å²) in [6.07, 6.45) is 1.96. The van der Waals surface area contributed by atoms with Gasteiger partial charge < -0.3 is 24.8 Å². The highest BCUT2D eigenvalue weighted by molar-refractivity contribution is 7.22. The van der Waals surface area contributed by atoms with Crippen molar-refractivity contribution in [1.82, 2.24) is 19.5 Å². The van der Waals surface area contributed by atoms with Crippen molar-refractivity contribution < 1.29 is 19.0 Å². The van der Waals surface area contributed by atoms with Crippen LogP contribution in [0.25, 0.3) is 26.0 Å². The van der Waals surface area contributed by atoms with Crippen molar-refractivity contribution in [2.24, 2.45) is 0 Å². The van der Waals surface area contributed by atoms with Crippen molar-refractivity contribution >= 4 is 38.9 Å². The third-order valence-corrected chi connectivity index (χ3v) is 7.79. The number of thiophene rings is 1. The minimum Gasteiger partial charge on any atom is -0.495 e. The number of nitrogens with zero attached hydrogens (tertiary/aromatic N) is 4. The van der Waals surface area contributed by atoms with Gasteiger partial charge in [0.15, 0.2) is 5.82 Å². The van der Waals surface area contributed by atoms with Gasteiger partial charge in [-0.15, -0.1) is 11.3 Å². The molecule has 2 N–H and O–H groups in total. The van der Waals surface area contributed by atoms with Gasteiger partial charge in [0.2, 0.25) is 0 Å². The van der Waals surface area contributed by atoms with Gasteiger partial charge in [0, 0.05) is 42.1 Å². The maximum atomic E-state index is 12.8. The fourth-order valence-corrected chi connectivity index (χ4v) is 6.38. The van der Waals surface area contributed by atoms with E-state index >= 15 is 0 Å². The van der Waals surface area contributed by atoms with Gasteiger partial charge in [-0.2, -0.15) is 5.10 Å². The summed E-state index contributed by atoms with van der Waals surface area (Å²) in [5.41, 5.74) is 10.8. The summed E-state index contributed by atoms with van der Waals surface area (Å²) in [6, 6.07) is 6.37. The zero-order valence-electron chi connectivity index (χ0n) is 22.1. The predicted molar refractivity (Wildman–Crippen MR) is 145 cm³/mol. The Morgan fingerprint density at radius 1 is 1.24 bits per heavy atom. The second-order valence-corrected chi connectivity index (χ2v) is 11.5. The summed E-state index contributed by atoms with van der Waals surface area (Å²) < 4.78 is 20.0. The van der Waals surface area contributed by atoms with Crippen LogP contribution in [0, 0.1) is 6.92 Å². The van der Waals surface area contributed by atoms with Crippen molar-refractivity contribution in [3.63, 3.8) is 0 Å². The molecule has 9 nitrogen and oxygen atoms in total. The molecule has 1 aliphatic heterocycles. The Morgan fingerprint density at radius 2 is 2.03 bits per heavy atom. The largest absolute Gasteiger partial charge is 0.495 e. The number of aromatic nitrogens is 3. The molecule has 1 atom stereocenters. The molecule has 0 saturated carbocycles. The molecule has 1 amide bonds. The van der Waals surface area contributed by atoms with Crippen molar-refractivity contribution in [1.29, 1.82) is 0 Å². The summed E-state index contributed by atoms with van der Waals surface area (Å²) >= 11 is 1.65. The Hall–Kier alpha value is -3.37. The number of carbonyl (C=O) groups is 1. The van der Waals surface area contributed by atoms with Crippen LogP contribution in [0.4, 0.5) is 10.6 Å². The van der Waals surface area contributed by atoms with Crippen molar-refractivity contribution in [3.8, 4) is 16.2 Å². The van der Waals surface area contributed by atoms with Crippen LogP contribution in [-0.2, 0) is 16.1 Å². The van der Waals surface area contributed by atoms with Crippen LogP contribution in [0.1, 0.15) is 49.9 Å². The van der Waals surface area contributed by atoms with Gasteiger partial charge in [-0.1, -0.05) is 6.07 Å². The van der Waals surface area contributed by atoms with E-state index in [4.69, 9.17) is 19.9 Å². The zero-order valence-corrected chi connectivity index (χ0v) is 22.9. The van der Waals surface area contributed by atoms with Crippen LogP contribution < -0.4 is 10.5 Å². The number of carbonyl (C=O) groups excluding carboxylic acids is 1. The van der Waals surface area contributed by atoms with Crippen molar-refractivity contribution in [3.05, 3.63) is 41.3 Å². The quantitative estimate of drug-likeness (QED) is 0.374. The van der Waals surface area contributed by atoms with Gasteiger partial charge in [-0.3, -0.25) is 0 Å². The fraction of sp³-hybridized carbons (Fsp3) is 0.444. The molecular weight excluding hydrogens is 490 g/mol.